The summed E-state index contributed by atoms with van der Waals surface area (Å²) in [6, 6.07) is 2.46. The molecule has 0 aliphatic carbocycles. The Balaban J connectivity index is 2.75. The number of hydrogen-bond donors (Lipinski definition) is 0. The molecule has 1 unspecified atom stereocenters. The summed E-state index contributed by atoms with van der Waals surface area (Å²) in [4.78, 5) is 2.42. The lowest BCUT2D eigenvalue weighted by molar-refractivity contribution is -0.213. The van der Waals surface area contributed by atoms with E-state index in [2.05, 4.69) is 25.5 Å². The van der Waals surface area contributed by atoms with Crippen LogP contribution in [-0.2, 0) is 5.79 Å². The van der Waals surface area contributed by atoms with Crippen molar-refractivity contribution in [2.45, 2.75) is 18.1 Å². The Bertz CT molecular complexity index is 756. The molecule has 2 rings (SSSR count). The van der Waals surface area contributed by atoms with Gasteiger partial charge in [0.2, 0.25) is 5.69 Å². The fraction of sp³-hybridized carbons (Fsp3) is 0.375. The van der Waals surface area contributed by atoms with Crippen molar-refractivity contribution in [2.24, 2.45) is 15.2 Å². The second-order valence-electron chi connectivity index (χ2n) is 3.69. The lowest BCUT2D eigenvalue weighted by Crippen LogP contribution is -2.45. The Labute approximate surface area is 116 Å². The smallest absolute Gasteiger partial charge is 0.199 e. The van der Waals surface area contributed by atoms with E-state index in [0.717, 1.165) is 0 Å². The minimum Gasteiger partial charge on any atom is -0.199 e. The molecule has 0 radical (unpaired) electrons. The minimum atomic E-state index is -5.52. The molecule has 2 heterocycles. The molecule has 8 nitrogen and oxygen atoms in total. The van der Waals surface area contributed by atoms with Crippen LogP contribution in [0, 0.1) is 22.7 Å². The molecule has 0 saturated carbocycles. The zero-order chi connectivity index (χ0) is 16.8. The zero-order valence-electron chi connectivity index (χ0n) is 9.85. The van der Waals surface area contributed by atoms with Crippen LogP contribution < -0.4 is 0 Å². The Kier molecular flexibility index (Phi) is 3.13. The van der Waals surface area contributed by atoms with Gasteiger partial charge in [-0.15, -0.1) is 15.3 Å². The predicted molar refractivity (Wildman–Crippen MR) is 51.8 cm³/mol. The quantitative estimate of drug-likeness (QED) is 0.730. The number of rotatable bonds is 1. The number of nitriles is 2. The second kappa shape index (κ2) is 4.48. The van der Waals surface area contributed by atoms with Gasteiger partial charge < -0.3 is 0 Å². The molecular weight excluding hydrogens is 322 g/mol. The van der Waals surface area contributed by atoms with E-state index in [9.17, 15) is 26.3 Å². The summed E-state index contributed by atoms with van der Waals surface area (Å²) in [5, 5.41) is 28.1. The lowest BCUT2D eigenvalue weighted by atomic mass is 10.3. The maximum atomic E-state index is 13.2. The van der Waals surface area contributed by atoms with E-state index in [1.165, 1.54) is 12.1 Å². The first-order valence-electron chi connectivity index (χ1n) is 5.00. The lowest BCUT2D eigenvalue weighted by Gasteiger charge is -2.24. The fourth-order valence-electron chi connectivity index (χ4n) is 1.44. The van der Waals surface area contributed by atoms with E-state index < -0.39 is 35.4 Å². The molecule has 0 amide bonds. The summed E-state index contributed by atoms with van der Waals surface area (Å²) in [6.45, 7) is 0. The summed E-state index contributed by atoms with van der Waals surface area (Å²) in [5.74, 6) is -6.09. The van der Waals surface area contributed by atoms with Crippen molar-refractivity contribution in [3.8, 4) is 12.1 Å². The SMILES string of the molecule is N#Cc1nnn(C2(C(F)(F)F)N=NC(C(F)(F)F)=N2)c1C#N. The maximum absolute atomic E-state index is 13.2. The van der Waals surface area contributed by atoms with Gasteiger partial charge in [-0.2, -0.15) is 46.5 Å². The molecule has 114 valence electrons. The number of azo groups is 1. The summed E-state index contributed by atoms with van der Waals surface area (Å²) < 4.78 is 76.6. The number of hydrogen-bond acceptors (Lipinski definition) is 7. The number of amidine groups is 1. The second-order valence-corrected chi connectivity index (χ2v) is 3.69. The van der Waals surface area contributed by atoms with Crippen LogP contribution in [0.3, 0.4) is 0 Å². The number of nitrogens with zero attached hydrogens (tertiary/aromatic N) is 8. The average molecular weight is 322 g/mol. The van der Waals surface area contributed by atoms with Crippen molar-refractivity contribution in [3.05, 3.63) is 11.4 Å². The minimum absolute atomic E-state index is 0.326. The number of aliphatic imine (C=N–C) groups is 1. The van der Waals surface area contributed by atoms with E-state index in [4.69, 9.17) is 10.5 Å². The van der Waals surface area contributed by atoms with Crippen LogP contribution in [-0.4, -0.2) is 33.2 Å². The molecule has 1 atom stereocenters. The molecule has 0 aromatic carbocycles. The molecule has 1 aromatic rings. The van der Waals surface area contributed by atoms with Crippen molar-refractivity contribution in [1.29, 1.82) is 10.5 Å². The molecule has 22 heavy (non-hydrogen) atoms. The van der Waals surface area contributed by atoms with Gasteiger partial charge in [0, 0.05) is 0 Å². The van der Waals surface area contributed by atoms with Crippen molar-refractivity contribution < 1.29 is 26.3 Å². The predicted octanol–water partition coefficient (Wildman–Crippen LogP) is 1.62. The van der Waals surface area contributed by atoms with Crippen LogP contribution >= 0.6 is 0 Å². The topological polar surface area (TPSA) is 115 Å². The van der Waals surface area contributed by atoms with E-state index >= 15 is 0 Å². The third-order valence-corrected chi connectivity index (χ3v) is 2.36. The molecule has 0 saturated heterocycles. The van der Waals surface area contributed by atoms with Gasteiger partial charge in [-0.25, -0.2) is 0 Å². The fourth-order valence-corrected chi connectivity index (χ4v) is 1.44. The first-order chi connectivity index (χ1) is 10.1. The Morgan fingerprint density at radius 1 is 1.05 bits per heavy atom. The first-order valence-corrected chi connectivity index (χ1v) is 5.00. The largest absolute Gasteiger partial charge is 0.459 e. The number of aromatic nitrogens is 3. The van der Waals surface area contributed by atoms with Crippen molar-refractivity contribution >= 4 is 5.84 Å². The molecule has 0 fully saturated rings. The van der Waals surface area contributed by atoms with Crippen LogP contribution in [0.15, 0.2) is 15.2 Å². The molecule has 1 aliphatic rings. The Morgan fingerprint density at radius 3 is 2.09 bits per heavy atom. The maximum Gasteiger partial charge on any atom is 0.459 e. The molecule has 0 spiro atoms. The van der Waals surface area contributed by atoms with Gasteiger partial charge >= 0.3 is 18.1 Å². The highest BCUT2D eigenvalue weighted by Gasteiger charge is 2.64. The molecule has 0 bridgehead atoms. The molecule has 14 heteroatoms. The van der Waals surface area contributed by atoms with Gasteiger partial charge in [-0.1, -0.05) is 5.21 Å². The van der Waals surface area contributed by atoms with Crippen molar-refractivity contribution in [2.75, 3.05) is 0 Å². The highest BCUT2D eigenvalue weighted by atomic mass is 19.4. The highest BCUT2D eigenvalue weighted by Crippen LogP contribution is 2.44. The van der Waals surface area contributed by atoms with Crippen LogP contribution in [0.25, 0.3) is 0 Å². The van der Waals surface area contributed by atoms with Gasteiger partial charge in [0.05, 0.1) is 0 Å². The number of alkyl halides is 6. The standard InChI is InChI=1S/C8F6N8/c9-6(10,11)5-17-8(20-19-5,7(12,13)14)22-4(2-16)3(1-15)18-21-22. The average Bonchev–Trinajstić information content (AvgIpc) is 3.01. The van der Waals surface area contributed by atoms with E-state index in [1.807, 2.05) is 0 Å². The van der Waals surface area contributed by atoms with E-state index in [0.29, 0.717) is 0 Å². The Morgan fingerprint density at radius 2 is 1.68 bits per heavy atom. The van der Waals surface area contributed by atoms with Crippen molar-refractivity contribution in [3.63, 3.8) is 0 Å². The number of halogens is 6. The van der Waals surface area contributed by atoms with Crippen molar-refractivity contribution in [1.82, 2.24) is 15.0 Å². The molecule has 1 aliphatic heterocycles. The van der Waals surface area contributed by atoms with Crippen LogP contribution in [0.4, 0.5) is 26.3 Å². The van der Waals surface area contributed by atoms with Gasteiger partial charge in [0.15, 0.2) is 5.69 Å². The first kappa shape index (κ1) is 15.4. The molecule has 1 aromatic heterocycles. The Hall–Kier alpha value is -3.03. The third-order valence-electron chi connectivity index (χ3n) is 2.36. The summed E-state index contributed by atoms with van der Waals surface area (Å²) >= 11 is 0. The normalized spacial score (nSPS) is 21.4. The molecule has 0 N–H and O–H groups in total. The summed E-state index contributed by atoms with van der Waals surface area (Å²) in [5.41, 5.74) is -1.87. The highest BCUT2D eigenvalue weighted by molar-refractivity contribution is 5.89. The third kappa shape index (κ3) is 2.05. The molecular formula is C8F6N8. The van der Waals surface area contributed by atoms with Crippen LogP contribution in [0.1, 0.15) is 11.4 Å². The van der Waals surface area contributed by atoms with E-state index in [-0.39, 0.29) is 4.68 Å². The van der Waals surface area contributed by atoms with Gasteiger partial charge in [0.1, 0.15) is 12.1 Å². The monoisotopic (exact) mass is 322 g/mol. The van der Waals surface area contributed by atoms with E-state index in [1.54, 1.807) is 0 Å². The van der Waals surface area contributed by atoms with Gasteiger partial charge in [0.25, 0.3) is 5.84 Å². The van der Waals surface area contributed by atoms with Gasteiger partial charge in [-0.05, 0) is 0 Å². The summed E-state index contributed by atoms with van der Waals surface area (Å²) in [7, 11) is 0. The zero-order valence-corrected chi connectivity index (χ0v) is 9.85. The summed E-state index contributed by atoms with van der Waals surface area (Å²) in [6.07, 6.45) is -10.8. The van der Waals surface area contributed by atoms with Crippen LogP contribution in [0.2, 0.25) is 0 Å². The van der Waals surface area contributed by atoms with Crippen LogP contribution in [0.5, 0.6) is 0 Å². The van der Waals surface area contributed by atoms with Gasteiger partial charge in [-0.3, -0.25) is 0 Å².